The molecule has 1 aliphatic carbocycles. The summed E-state index contributed by atoms with van der Waals surface area (Å²) in [5, 5.41) is 11.0. The molecule has 1 atom stereocenters. The van der Waals surface area contributed by atoms with Gasteiger partial charge in [-0.25, -0.2) is 0 Å². The van der Waals surface area contributed by atoms with Gasteiger partial charge in [-0.2, -0.15) is 0 Å². The quantitative estimate of drug-likeness (QED) is 0.287. The minimum atomic E-state index is -0.576. The Morgan fingerprint density at radius 1 is 0.645 bits per heavy atom. The number of anilines is 1. The SMILES string of the molecule is OC1c2ccccc2-c2ccc(N(Cc3ccc(Br)cc3)Cc3ccc(Br)cc3)cc21. The zero-order valence-electron chi connectivity index (χ0n) is 16.8. The van der Waals surface area contributed by atoms with Crippen molar-refractivity contribution in [2.45, 2.75) is 19.2 Å². The molecule has 1 aliphatic rings. The number of hydrogen-bond donors (Lipinski definition) is 1. The Balaban J connectivity index is 1.51. The van der Waals surface area contributed by atoms with Gasteiger partial charge in [0.15, 0.2) is 0 Å². The summed E-state index contributed by atoms with van der Waals surface area (Å²) < 4.78 is 2.16. The minimum Gasteiger partial charge on any atom is -0.384 e. The Morgan fingerprint density at radius 2 is 1.19 bits per heavy atom. The van der Waals surface area contributed by atoms with E-state index in [4.69, 9.17) is 0 Å². The summed E-state index contributed by atoms with van der Waals surface area (Å²) in [5.74, 6) is 0. The maximum absolute atomic E-state index is 11.0. The lowest BCUT2D eigenvalue weighted by atomic mass is 10.0. The Morgan fingerprint density at radius 3 is 1.81 bits per heavy atom. The van der Waals surface area contributed by atoms with Gasteiger partial charge in [0.1, 0.15) is 6.10 Å². The fourth-order valence-corrected chi connectivity index (χ4v) is 4.75. The summed E-state index contributed by atoms with van der Waals surface area (Å²) in [7, 11) is 0. The molecule has 0 radical (unpaired) electrons. The number of rotatable bonds is 5. The third kappa shape index (κ3) is 4.20. The lowest BCUT2D eigenvalue weighted by molar-refractivity contribution is 0.225. The Bertz CT molecular complexity index is 1170. The van der Waals surface area contributed by atoms with E-state index < -0.39 is 6.10 Å². The summed E-state index contributed by atoms with van der Waals surface area (Å²) in [6, 6.07) is 31.5. The van der Waals surface area contributed by atoms with E-state index in [0.717, 1.165) is 50.0 Å². The predicted molar refractivity (Wildman–Crippen MR) is 134 cm³/mol. The molecule has 0 bridgehead atoms. The van der Waals surface area contributed by atoms with Gasteiger partial charge in [-0.3, -0.25) is 0 Å². The summed E-state index contributed by atoms with van der Waals surface area (Å²) >= 11 is 7.05. The first-order valence-corrected chi connectivity index (χ1v) is 11.8. The molecule has 0 heterocycles. The summed E-state index contributed by atoms with van der Waals surface area (Å²) in [6.07, 6.45) is -0.576. The van der Waals surface area contributed by atoms with Crippen LogP contribution in [0.4, 0.5) is 5.69 Å². The fraction of sp³-hybridized carbons (Fsp3) is 0.111. The van der Waals surface area contributed by atoms with Crippen molar-refractivity contribution in [2.75, 3.05) is 4.90 Å². The molecule has 0 aromatic heterocycles. The molecule has 0 spiro atoms. The molecule has 31 heavy (non-hydrogen) atoms. The normalized spacial score (nSPS) is 14.2. The van der Waals surface area contributed by atoms with Gasteiger partial charge >= 0.3 is 0 Å². The average Bonchev–Trinajstić information content (AvgIpc) is 3.08. The molecule has 0 amide bonds. The van der Waals surface area contributed by atoms with Gasteiger partial charge in [0.25, 0.3) is 0 Å². The van der Waals surface area contributed by atoms with Crippen molar-refractivity contribution in [1.29, 1.82) is 0 Å². The molecule has 1 N–H and O–H groups in total. The summed E-state index contributed by atoms with van der Waals surface area (Å²) in [4.78, 5) is 2.36. The van der Waals surface area contributed by atoms with Crippen LogP contribution in [0.25, 0.3) is 11.1 Å². The van der Waals surface area contributed by atoms with Gasteiger partial charge in [-0.05, 0) is 69.8 Å². The third-order valence-corrected chi connectivity index (χ3v) is 6.87. The first kappa shape index (κ1) is 20.5. The Labute approximate surface area is 199 Å². The highest BCUT2D eigenvalue weighted by molar-refractivity contribution is 9.10. The van der Waals surface area contributed by atoms with Gasteiger partial charge < -0.3 is 10.0 Å². The molecule has 0 saturated carbocycles. The van der Waals surface area contributed by atoms with Crippen LogP contribution in [-0.4, -0.2) is 5.11 Å². The van der Waals surface area contributed by atoms with Crippen molar-refractivity contribution in [3.05, 3.63) is 122 Å². The molecular formula is C27H21Br2NO. The highest BCUT2D eigenvalue weighted by Crippen LogP contribution is 2.44. The van der Waals surface area contributed by atoms with E-state index in [1.54, 1.807) is 0 Å². The largest absolute Gasteiger partial charge is 0.384 e. The van der Waals surface area contributed by atoms with Crippen LogP contribution < -0.4 is 4.90 Å². The number of fused-ring (bicyclic) bond motifs is 3. The van der Waals surface area contributed by atoms with Gasteiger partial charge in [-0.15, -0.1) is 0 Å². The van der Waals surface area contributed by atoms with Crippen LogP contribution in [0.3, 0.4) is 0 Å². The lowest BCUT2D eigenvalue weighted by Gasteiger charge is -2.26. The zero-order valence-corrected chi connectivity index (χ0v) is 20.0. The molecule has 4 aromatic carbocycles. The number of hydrogen-bond acceptors (Lipinski definition) is 2. The number of halogens is 2. The van der Waals surface area contributed by atoms with Gasteiger partial charge in [-0.1, -0.05) is 86.5 Å². The van der Waals surface area contributed by atoms with Crippen LogP contribution in [0.2, 0.25) is 0 Å². The smallest absolute Gasteiger partial charge is 0.105 e. The highest BCUT2D eigenvalue weighted by Gasteiger charge is 2.27. The number of nitrogens with zero attached hydrogens (tertiary/aromatic N) is 1. The fourth-order valence-electron chi connectivity index (χ4n) is 4.23. The van der Waals surface area contributed by atoms with Crippen molar-refractivity contribution in [3.8, 4) is 11.1 Å². The van der Waals surface area contributed by atoms with E-state index in [-0.39, 0.29) is 0 Å². The number of aliphatic hydroxyl groups excluding tert-OH is 1. The monoisotopic (exact) mass is 533 g/mol. The van der Waals surface area contributed by atoms with E-state index in [9.17, 15) is 5.11 Å². The van der Waals surface area contributed by atoms with Crippen LogP contribution in [0.15, 0.2) is 99.9 Å². The second-order valence-corrected chi connectivity index (χ2v) is 9.70. The number of aliphatic hydroxyl groups is 1. The van der Waals surface area contributed by atoms with E-state index in [1.807, 2.05) is 18.2 Å². The molecule has 1 unspecified atom stereocenters. The van der Waals surface area contributed by atoms with Crippen molar-refractivity contribution in [3.63, 3.8) is 0 Å². The van der Waals surface area contributed by atoms with E-state index in [2.05, 4.69) is 110 Å². The van der Waals surface area contributed by atoms with Crippen molar-refractivity contribution in [2.24, 2.45) is 0 Å². The molecule has 154 valence electrons. The van der Waals surface area contributed by atoms with Crippen LogP contribution in [-0.2, 0) is 13.1 Å². The molecule has 0 saturated heterocycles. The Hall–Kier alpha value is -2.40. The summed E-state index contributed by atoms with van der Waals surface area (Å²) in [6.45, 7) is 1.57. The van der Waals surface area contributed by atoms with Gasteiger partial charge in [0, 0.05) is 27.7 Å². The lowest BCUT2D eigenvalue weighted by Crippen LogP contribution is -2.22. The standard InChI is InChI=1S/C27H21Br2NO/c28-20-9-5-18(6-10-20)16-30(17-19-7-11-21(29)12-8-19)22-13-14-24-23-3-1-2-4-25(23)27(31)26(24)15-22/h1-15,27,31H,16-17H2. The first-order chi connectivity index (χ1) is 15.1. The molecule has 2 nitrogen and oxygen atoms in total. The van der Waals surface area contributed by atoms with Crippen LogP contribution in [0, 0.1) is 0 Å². The van der Waals surface area contributed by atoms with Crippen molar-refractivity contribution in [1.82, 2.24) is 0 Å². The first-order valence-electron chi connectivity index (χ1n) is 10.2. The Kier molecular flexibility index (Phi) is 5.70. The molecule has 5 rings (SSSR count). The van der Waals surface area contributed by atoms with Gasteiger partial charge in [0.2, 0.25) is 0 Å². The minimum absolute atomic E-state index is 0.576. The number of benzene rings is 4. The van der Waals surface area contributed by atoms with Crippen LogP contribution >= 0.6 is 31.9 Å². The molecule has 0 fully saturated rings. The maximum atomic E-state index is 11.0. The van der Waals surface area contributed by atoms with Crippen LogP contribution in [0.5, 0.6) is 0 Å². The second-order valence-electron chi connectivity index (χ2n) is 7.87. The third-order valence-electron chi connectivity index (χ3n) is 5.81. The van der Waals surface area contributed by atoms with E-state index >= 15 is 0 Å². The topological polar surface area (TPSA) is 23.5 Å². The van der Waals surface area contributed by atoms with Crippen molar-refractivity contribution < 1.29 is 5.11 Å². The molecular weight excluding hydrogens is 514 g/mol. The summed E-state index contributed by atoms with van der Waals surface area (Å²) in [5.41, 5.74) is 7.81. The van der Waals surface area contributed by atoms with E-state index in [1.165, 1.54) is 11.1 Å². The van der Waals surface area contributed by atoms with Gasteiger partial charge in [0.05, 0.1) is 0 Å². The zero-order chi connectivity index (χ0) is 21.4. The van der Waals surface area contributed by atoms with E-state index in [0.29, 0.717) is 0 Å². The average molecular weight is 535 g/mol. The maximum Gasteiger partial charge on any atom is 0.105 e. The second kappa shape index (κ2) is 8.62. The van der Waals surface area contributed by atoms with Crippen molar-refractivity contribution >= 4 is 37.5 Å². The molecule has 4 heteroatoms. The highest BCUT2D eigenvalue weighted by atomic mass is 79.9. The molecule has 4 aromatic rings. The van der Waals surface area contributed by atoms with Crippen LogP contribution in [0.1, 0.15) is 28.4 Å². The predicted octanol–water partition coefficient (Wildman–Crippen LogP) is 7.48. The molecule has 0 aliphatic heterocycles.